The van der Waals surface area contributed by atoms with E-state index in [0.29, 0.717) is 16.4 Å². The van der Waals surface area contributed by atoms with Crippen LogP contribution in [0.2, 0.25) is 0 Å². The fourth-order valence-electron chi connectivity index (χ4n) is 3.07. The average Bonchev–Trinajstić information content (AvgIpc) is 3.12. The molecular formula is C23H18F2N2OS. The lowest BCUT2D eigenvalue weighted by atomic mass is 10.1. The molecule has 0 saturated carbocycles. The summed E-state index contributed by atoms with van der Waals surface area (Å²) < 4.78 is 28.1. The van der Waals surface area contributed by atoms with E-state index in [0.717, 1.165) is 34.1 Å². The molecule has 0 unspecified atom stereocenters. The molecule has 0 aliphatic heterocycles. The van der Waals surface area contributed by atoms with Gasteiger partial charge in [0.05, 0.1) is 17.7 Å². The molecule has 1 aromatic heterocycles. The molecule has 1 heterocycles. The first-order chi connectivity index (χ1) is 14.0. The number of hydrogen-bond acceptors (Lipinski definition) is 3. The quantitative estimate of drug-likeness (QED) is 0.427. The third kappa shape index (κ3) is 4.32. The lowest BCUT2D eigenvalue weighted by Gasteiger charge is -2.20. The highest BCUT2D eigenvalue weighted by molar-refractivity contribution is 7.22. The summed E-state index contributed by atoms with van der Waals surface area (Å²) in [6.45, 7) is 2.29. The monoisotopic (exact) mass is 408 g/mol. The van der Waals surface area contributed by atoms with Crippen molar-refractivity contribution in [2.45, 2.75) is 19.9 Å². The fraction of sp³-hybridized carbons (Fsp3) is 0.130. The third-order valence-electron chi connectivity index (χ3n) is 4.59. The Labute approximate surface area is 171 Å². The van der Waals surface area contributed by atoms with Crippen LogP contribution in [0.25, 0.3) is 10.2 Å². The van der Waals surface area contributed by atoms with Crippen molar-refractivity contribution in [3.05, 3.63) is 95.1 Å². The number of fused-ring (bicyclic) bond motifs is 1. The summed E-state index contributed by atoms with van der Waals surface area (Å²) in [6, 6.07) is 19.3. The van der Waals surface area contributed by atoms with Crippen LogP contribution in [0.1, 0.15) is 16.7 Å². The number of nitrogens with zero attached hydrogens (tertiary/aromatic N) is 2. The van der Waals surface area contributed by atoms with Gasteiger partial charge in [0.1, 0.15) is 11.3 Å². The Morgan fingerprint density at radius 3 is 2.45 bits per heavy atom. The van der Waals surface area contributed by atoms with E-state index in [1.54, 1.807) is 0 Å². The number of amides is 1. The topological polar surface area (TPSA) is 33.2 Å². The Hall–Kier alpha value is -3.12. The minimum atomic E-state index is -0.729. The van der Waals surface area contributed by atoms with E-state index < -0.39 is 11.6 Å². The third-order valence-corrected chi connectivity index (χ3v) is 5.62. The van der Waals surface area contributed by atoms with Crippen molar-refractivity contribution >= 4 is 32.6 Å². The standard InChI is InChI=1S/C23H18F2N2OS/c1-15-7-9-16(10-8-15)11-21(28)27(14-17-5-3-2-4-6-17)23-26-22-19(25)12-18(24)13-20(22)29-23/h2-10,12-13H,11,14H2,1H3. The van der Waals surface area contributed by atoms with Crippen molar-refractivity contribution < 1.29 is 13.6 Å². The summed E-state index contributed by atoms with van der Waals surface area (Å²) in [5, 5.41) is 0.352. The summed E-state index contributed by atoms with van der Waals surface area (Å²) in [4.78, 5) is 19.0. The highest BCUT2D eigenvalue weighted by atomic mass is 32.1. The van der Waals surface area contributed by atoms with Crippen molar-refractivity contribution in [3.8, 4) is 0 Å². The zero-order chi connectivity index (χ0) is 20.4. The predicted molar refractivity (Wildman–Crippen MR) is 112 cm³/mol. The Morgan fingerprint density at radius 1 is 1.00 bits per heavy atom. The maximum atomic E-state index is 14.1. The lowest BCUT2D eigenvalue weighted by Crippen LogP contribution is -2.31. The van der Waals surface area contributed by atoms with Crippen LogP contribution >= 0.6 is 11.3 Å². The number of aryl methyl sites for hydroxylation is 1. The van der Waals surface area contributed by atoms with Crippen LogP contribution in [0.3, 0.4) is 0 Å². The molecule has 0 aliphatic carbocycles. The number of aromatic nitrogens is 1. The van der Waals surface area contributed by atoms with Crippen molar-refractivity contribution in [1.82, 2.24) is 4.98 Å². The first-order valence-corrected chi connectivity index (χ1v) is 9.96. The maximum absolute atomic E-state index is 14.1. The second kappa shape index (κ2) is 8.09. The second-order valence-corrected chi connectivity index (χ2v) is 7.87. The molecular weight excluding hydrogens is 390 g/mol. The molecule has 1 amide bonds. The van der Waals surface area contributed by atoms with Gasteiger partial charge in [-0.2, -0.15) is 0 Å². The Balaban J connectivity index is 1.70. The van der Waals surface area contributed by atoms with Gasteiger partial charge in [-0.25, -0.2) is 13.8 Å². The predicted octanol–water partition coefficient (Wildman–Crippen LogP) is 5.66. The van der Waals surface area contributed by atoms with Gasteiger partial charge in [0.2, 0.25) is 5.91 Å². The van der Waals surface area contributed by atoms with E-state index in [1.807, 2.05) is 61.5 Å². The SMILES string of the molecule is Cc1ccc(CC(=O)N(Cc2ccccc2)c2nc3c(F)cc(F)cc3s2)cc1. The van der Waals surface area contributed by atoms with Crippen LogP contribution in [0.4, 0.5) is 13.9 Å². The Kier molecular flexibility index (Phi) is 5.36. The number of carbonyl (C=O) groups is 1. The van der Waals surface area contributed by atoms with Gasteiger partial charge in [0, 0.05) is 6.07 Å². The highest BCUT2D eigenvalue weighted by Gasteiger charge is 2.22. The molecule has 0 aliphatic rings. The minimum absolute atomic E-state index is 0.0765. The summed E-state index contributed by atoms with van der Waals surface area (Å²) in [5.74, 6) is -1.54. The normalized spacial score (nSPS) is 11.0. The Bertz CT molecular complexity index is 1160. The van der Waals surface area contributed by atoms with Gasteiger partial charge in [0.15, 0.2) is 10.9 Å². The van der Waals surface area contributed by atoms with Crippen LogP contribution in [0.5, 0.6) is 0 Å². The molecule has 0 atom stereocenters. The van der Waals surface area contributed by atoms with Crippen LogP contribution in [-0.4, -0.2) is 10.9 Å². The number of carbonyl (C=O) groups excluding carboxylic acids is 1. The molecule has 3 aromatic carbocycles. The van der Waals surface area contributed by atoms with Gasteiger partial charge in [-0.05, 0) is 24.1 Å². The molecule has 0 fully saturated rings. The van der Waals surface area contributed by atoms with Crippen LogP contribution < -0.4 is 4.90 Å². The molecule has 0 radical (unpaired) electrons. The van der Waals surface area contributed by atoms with Gasteiger partial charge in [-0.15, -0.1) is 0 Å². The van der Waals surface area contributed by atoms with Gasteiger partial charge in [0.25, 0.3) is 0 Å². The fourth-order valence-corrected chi connectivity index (χ4v) is 4.09. The van der Waals surface area contributed by atoms with E-state index in [4.69, 9.17) is 0 Å². The largest absolute Gasteiger partial charge is 0.283 e. The number of halogens is 2. The summed E-state index contributed by atoms with van der Waals surface area (Å²) in [6.07, 6.45) is 0.194. The smallest absolute Gasteiger partial charge is 0.233 e. The van der Waals surface area contributed by atoms with E-state index in [2.05, 4.69) is 4.98 Å². The van der Waals surface area contributed by atoms with E-state index >= 15 is 0 Å². The number of hydrogen-bond donors (Lipinski definition) is 0. The number of anilines is 1. The molecule has 0 N–H and O–H groups in total. The van der Waals surface area contributed by atoms with Crippen molar-refractivity contribution in [3.63, 3.8) is 0 Å². The van der Waals surface area contributed by atoms with Crippen molar-refractivity contribution in [1.29, 1.82) is 0 Å². The molecule has 29 heavy (non-hydrogen) atoms. The summed E-state index contributed by atoms with van der Waals surface area (Å²) in [5.41, 5.74) is 3.01. The van der Waals surface area contributed by atoms with Crippen LogP contribution in [-0.2, 0) is 17.8 Å². The highest BCUT2D eigenvalue weighted by Crippen LogP contribution is 2.32. The summed E-state index contributed by atoms with van der Waals surface area (Å²) >= 11 is 1.11. The van der Waals surface area contributed by atoms with Gasteiger partial charge in [-0.3, -0.25) is 9.69 Å². The first kappa shape index (κ1) is 19.2. The zero-order valence-electron chi connectivity index (χ0n) is 15.7. The van der Waals surface area contributed by atoms with E-state index in [9.17, 15) is 13.6 Å². The van der Waals surface area contributed by atoms with Crippen molar-refractivity contribution in [2.24, 2.45) is 0 Å². The molecule has 4 aromatic rings. The molecule has 3 nitrogen and oxygen atoms in total. The second-order valence-electron chi connectivity index (χ2n) is 6.86. The van der Waals surface area contributed by atoms with Crippen molar-refractivity contribution in [2.75, 3.05) is 4.90 Å². The van der Waals surface area contributed by atoms with Crippen LogP contribution in [0, 0.1) is 18.6 Å². The first-order valence-electron chi connectivity index (χ1n) is 9.15. The number of rotatable bonds is 5. The minimum Gasteiger partial charge on any atom is -0.283 e. The van der Waals surface area contributed by atoms with E-state index in [-0.39, 0.29) is 17.8 Å². The molecule has 4 rings (SSSR count). The number of benzene rings is 3. The molecule has 0 bridgehead atoms. The lowest BCUT2D eigenvalue weighted by molar-refractivity contribution is -0.118. The average molecular weight is 408 g/mol. The maximum Gasteiger partial charge on any atom is 0.233 e. The molecule has 0 spiro atoms. The zero-order valence-corrected chi connectivity index (χ0v) is 16.5. The molecule has 0 saturated heterocycles. The van der Waals surface area contributed by atoms with Gasteiger partial charge < -0.3 is 0 Å². The summed E-state index contributed by atoms with van der Waals surface area (Å²) in [7, 11) is 0. The van der Waals surface area contributed by atoms with Gasteiger partial charge >= 0.3 is 0 Å². The number of thiazole rings is 1. The molecule has 146 valence electrons. The molecule has 6 heteroatoms. The Morgan fingerprint density at radius 2 is 1.72 bits per heavy atom. The van der Waals surface area contributed by atoms with Crippen LogP contribution in [0.15, 0.2) is 66.7 Å². The van der Waals surface area contributed by atoms with Gasteiger partial charge in [-0.1, -0.05) is 71.5 Å². The van der Waals surface area contributed by atoms with E-state index in [1.165, 1.54) is 11.0 Å².